The van der Waals surface area contributed by atoms with E-state index in [1.165, 1.54) is 4.90 Å². The summed E-state index contributed by atoms with van der Waals surface area (Å²) in [6, 6.07) is 13.3. The molecule has 3 aromatic rings. The highest BCUT2D eigenvalue weighted by Crippen LogP contribution is 2.40. The summed E-state index contributed by atoms with van der Waals surface area (Å²) in [5.41, 5.74) is 1.48. The van der Waals surface area contributed by atoms with Crippen molar-refractivity contribution in [2.75, 3.05) is 6.61 Å². The lowest BCUT2D eigenvalue weighted by Gasteiger charge is -2.27. The van der Waals surface area contributed by atoms with Gasteiger partial charge in [0.25, 0.3) is 5.91 Å². The molecule has 1 aliphatic rings. The molecule has 32 heavy (non-hydrogen) atoms. The lowest BCUT2D eigenvalue weighted by Crippen LogP contribution is -2.30. The molecule has 7 nitrogen and oxygen atoms in total. The van der Waals surface area contributed by atoms with Gasteiger partial charge in [0.1, 0.15) is 11.5 Å². The van der Waals surface area contributed by atoms with Gasteiger partial charge in [-0.25, -0.2) is 0 Å². The predicted octanol–water partition coefficient (Wildman–Crippen LogP) is 4.55. The molecule has 164 valence electrons. The van der Waals surface area contributed by atoms with E-state index in [4.69, 9.17) is 9.15 Å². The van der Waals surface area contributed by atoms with Gasteiger partial charge in [-0.2, -0.15) is 0 Å². The number of rotatable bonds is 8. The number of aromatic nitrogens is 1. The third-order valence-electron chi connectivity index (χ3n) is 5.26. The summed E-state index contributed by atoms with van der Waals surface area (Å²) < 4.78 is 11.3. The number of aliphatic hydroxyl groups is 1. The van der Waals surface area contributed by atoms with E-state index < -0.39 is 23.5 Å². The van der Waals surface area contributed by atoms with Crippen LogP contribution in [0, 0.1) is 6.92 Å². The van der Waals surface area contributed by atoms with Gasteiger partial charge in [0.2, 0.25) is 5.78 Å². The van der Waals surface area contributed by atoms with E-state index in [9.17, 15) is 14.7 Å². The van der Waals surface area contributed by atoms with E-state index >= 15 is 0 Å². The largest absolute Gasteiger partial charge is 0.503 e. The van der Waals surface area contributed by atoms with Crippen LogP contribution in [0.4, 0.5) is 0 Å². The standard InChI is InChI=1S/C25H24N2O5/c1-3-13-31-19-6-4-5-18(14-19)22-21(23(28)20-8-7-16(2)32-20)24(29)25(30)27(22)15-17-9-11-26-12-10-17/h4-12,14,22,29H,3,13,15H2,1-2H3. The van der Waals surface area contributed by atoms with Gasteiger partial charge < -0.3 is 19.2 Å². The van der Waals surface area contributed by atoms with Crippen LogP contribution in [0.5, 0.6) is 5.75 Å². The minimum atomic E-state index is -0.793. The number of nitrogens with zero attached hydrogens (tertiary/aromatic N) is 2. The zero-order chi connectivity index (χ0) is 22.7. The molecule has 0 spiro atoms. The number of hydrogen-bond donors (Lipinski definition) is 1. The molecule has 0 fully saturated rings. The van der Waals surface area contributed by atoms with Crippen LogP contribution in [-0.2, 0) is 11.3 Å². The maximum atomic E-state index is 13.3. The van der Waals surface area contributed by atoms with Crippen molar-refractivity contribution in [2.24, 2.45) is 0 Å². The van der Waals surface area contributed by atoms with Crippen molar-refractivity contribution in [3.8, 4) is 5.75 Å². The SMILES string of the molecule is CCCOc1cccc(C2C(C(=O)c3ccc(C)o3)=C(O)C(=O)N2Cc2ccncc2)c1. The van der Waals surface area contributed by atoms with Crippen molar-refractivity contribution >= 4 is 11.7 Å². The summed E-state index contributed by atoms with van der Waals surface area (Å²) in [7, 11) is 0. The van der Waals surface area contributed by atoms with E-state index in [0.29, 0.717) is 23.7 Å². The molecule has 3 heterocycles. The zero-order valence-corrected chi connectivity index (χ0v) is 17.9. The normalized spacial score (nSPS) is 16.0. The molecule has 1 unspecified atom stereocenters. The number of amides is 1. The molecule has 1 N–H and O–H groups in total. The van der Waals surface area contributed by atoms with Crippen LogP contribution in [0.15, 0.2) is 76.7 Å². The number of hydrogen-bond acceptors (Lipinski definition) is 6. The zero-order valence-electron chi connectivity index (χ0n) is 17.9. The second kappa shape index (κ2) is 9.09. The molecule has 0 radical (unpaired) electrons. The summed E-state index contributed by atoms with van der Waals surface area (Å²) >= 11 is 0. The van der Waals surface area contributed by atoms with Crippen molar-refractivity contribution < 1.29 is 23.8 Å². The molecule has 0 saturated carbocycles. The van der Waals surface area contributed by atoms with Crippen molar-refractivity contribution in [3.63, 3.8) is 0 Å². The van der Waals surface area contributed by atoms with Gasteiger partial charge in [0.05, 0.1) is 18.2 Å². The van der Waals surface area contributed by atoms with Crippen molar-refractivity contribution in [2.45, 2.75) is 32.9 Å². The number of aliphatic hydroxyl groups excluding tert-OH is 1. The second-order valence-corrected chi connectivity index (χ2v) is 7.61. The molecule has 2 aromatic heterocycles. The van der Waals surface area contributed by atoms with E-state index in [0.717, 1.165) is 12.0 Å². The molecule has 1 aliphatic heterocycles. The molecular formula is C25H24N2O5. The molecule has 0 aliphatic carbocycles. The second-order valence-electron chi connectivity index (χ2n) is 7.61. The van der Waals surface area contributed by atoms with Crippen LogP contribution in [-0.4, -0.2) is 33.3 Å². The number of carbonyl (C=O) groups excluding carboxylic acids is 2. The Morgan fingerprint density at radius 2 is 1.97 bits per heavy atom. The molecule has 0 bridgehead atoms. The number of pyridine rings is 1. The Bertz CT molecular complexity index is 1170. The fraction of sp³-hybridized carbons (Fsp3) is 0.240. The van der Waals surface area contributed by atoms with E-state index in [2.05, 4.69) is 4.98 Å². The van der Waals surface area contributed by atoms with Crippen molar-refractivity contribution in [3.05, 3.63) is 94.9 Å². The molecule has 7 heteroatoms. The summed E-state index contributed by atoms with van der Waals surface area (Å²) in [5.74, 6) is -0.427. The molecule has 1 amide bonds. The lowest BCUT2D eigenvalue weighted by molar-refractivity contribution is -0.130. The predicted molar refractivity (Wildman–Crippen MR) is 117 cm³/mol. The Labute approximate surface area is 186 Å². The minimum Gasteiger partial charge on any atom is -0.503 e. The number of aryl methyl sites for hydroxylation is 1. The Kier molecular flexibility index (Phi) is 6.07. The van der Waals surface area contributed by atoms with Gasteiger partial charge in [-0.3, -0.25) is 14.6 Å². The fourth-order valence-electron chi connectivity index (χ4n) is 3.76. The topological polar surface area (TPSA) is 92.9 Å². The van der Waals surface area contributed by atoms with Crippen LogP contribution < -0.4 is 4.74 Å². The van der Waals surface area contributed by atoms with Gasteiger partial charge in [-0.15, -0.1) is 0 Å². The monoisotopic (exact) mass is 432 g/mol. The Hall–Kier alpha value is -3.87. The Morgan fingerprint density at radius 1 is 1.19 bits per heavy atom. The number of furan rings is 1. The smallest absolute Gasteiger partial charge is 0.290 e. The fourth-order valence-corrected chi connectivity index (χ4v) is 3.76. The van der Waals surface area contributed by atoms with Gasteiger partial charge in [0, 0.05) is 18.9 Å². The Balaban J connectivity index is 1.78. The average molecular weight is 432 g/mol. The highest BCUT2D eigenvalue weighted by molar-refractivity contribution is 6.15. The van der Waals surface area contributed by atoms with Crippen molar-refractivity contribution in [1.29, 1.82) is 0 Å². The minimum absolute atomic E-state index is 0.00829. The van der Waals surface area contributed by atoms with E-state index in [1.54, 1.807) is 49.6 Å². The third kappa shape index (κ3) is 4.14. The summed E-state index contributed by atoms with van der Waals surface area (Å²) in [6.07, 6.45) is 4.12. The highest BCUT2D eigenvalue weighted by Gasteiger charge is 2.44. The molecule has 1 aromatic carbocycles. The van der Waals surface area contributed by atoms with Gasteiger partial charge in [-0.1, -0.05) is 19.1 Å². The van der Waals surface area contributed by atoms with Crippen LogP contribution >= 0.6 is 0 Å². The Morgan fingerprint density at radius 3 is 2.66 bits per heavy atom. The molecule has 4 rings (SSSR count). The van der Waals surface area contributed by atoms with Crippen LogP contribution in [0.3, 0.4) is 0 Å². The number of benzene rings is 1. The number of ketones is 1. The quantitative estimate of drug-likeness (QED) is 0.525. The number of Topliss-reactive ketones (excluding diaryl/α,β-unsaturated/α-hetero) is 1. The summed E-state index contributed by atoms with van der Waals surface area (Å²) in [6.45, 7) is 4.49. The lowest BCUT2D eigenvalue weighted by atomic mass is 9.94. The number of ether oxygens (including phenoxy) is 1. The third-order valence-corrected chi connectivity index (χ3v) is 5.26. The van der Waals surface area contributed by atoms with Crippen LogP contribution in [0.1, 0.15) is 46.8 Å². The summed E-state index contributed by atoms with van der Waals surface area (Å²) in [5, 5.41) is 10.8. The van der Waals surface area contributed by atoms with E-state index in [1.807, 2.05) is 25.1 Å². The van der Waals surface area contributed by atoms with Gasteiger partial charge in [-0.05, 0) is 60.9 Å². The first-order valence-corrected chi connectivity index (χ1v) is 10.5. The summed E-state index contributed by atoms with van der Waals surface area (Å²) in [4.78, 5) is 31.9. The van der Waals surface area contributed by atoms with Gasteiger partial charge in [0.15, 0.2) is 11.5 Å². The van der Waals surface area contributed by atoms with Gasteiger partial charge >= 0.3 is 0 Å². The number of carbonyl (C=O) groups is 2. The maximum Gasteiger partial charge on any atom is 0.290 e. The average Bonchev–Trinajstić information content (AvgIpc) is 3.35. The van der Waals surface area contributed by atoms with Crippen molar-refractivity contribution in [1.82, 2.24) is 9.88 Å². The maximum absolute atomic E-state index is 13.3. The van der Waals surface area contributed by atoms with Crippen LogP contribution in [0.25, 0.3) is 0 Å². The first-order valence-electron chi connectivity index (χ1n) is 10.5. The van der Waals surface area contributed by atoms with Crippen LogP contribution in [0.2, 0.25) is 0 Å². The molecular weight excluding hydrogens is 408 g/mol. The first kappa shape index (κ1) is 21.4. The van der Waals surface area contributed by atoms with E-state index in [-0.39, 0.29) is 17.9 Å². The molecule has 0 saturated heterocycles. The highest BCUT2D eigenvalue weighted by atomic mass is 16.5. The first-order chi connectivity index (χ1) is 15.5. The molecule has 1 atom stereocenters.